The molecule has 1 amide bonds. The minimum Gasteiger partial charge on any atom is -0.395 e. The molecule has 1 aromatic rings. The van der Waals surface area contributed by atoms with Crippen molar-refractivity contribution in [2.75, 3.05) is 26.7 Å². The van der Waals surface area contributed by atoms with Crippen LogP contribution in [-0.4, -0.2) is 59.6 Å². The first-order chi connectivity index (χ1) is 10.5. The minimum absolute atomic E-state index is 0.163. The molecule has 2 rings (SSSR count). The lowest BCUT2D eigenvalue weighted by molar-refractivity contribution is -0.131. The molecule has 0 aliphatic carbocycles. The van der Waals surface area contributed by atoms with E-state index in [9.17, 15) is 4.79 Å². The Bertz CT molecular complexity index is 510. The van der Waals surface area contributed by atoms with Crippen LogP contribution in [0.25, 0.3) is 0 Å². The van der Waals surface area contributed by atoms with Gasteiger partial charge in [0.1, 0.15) is 0 Å². The maximum Gasteiger partial charge on any atom is 0.227 e. The van der Waals surface area contributed by atoms with Crippen LogP contribution in [0, 0.1) is 13.8 Å². The molecule has 4 nitrogen and oxygen atoms in total. The van der Waals surface area contributed by atoms with Crippen molar-refractivity contribution in [2.24, 2.45) is 0 Å². The zero-order valence-electron chi connectivity index (χ0n) is 14.2. The largest absolute Gasteiger partial charge is 0.395 e. The summed E-state index contributed by atoms with van der Waals surface area (Å²) in [5, 5.41) is 9.09. The van der Waals surface area contributed by atoms with Gasteiger partial charge in [0.25, 0.3) is 0 Å². The molecule has 1 aliphatic heterocycles. The van der Waals surface area contributed by atoms with Gasteiger partial charge in [0, 0.05) is 25.2 Å². The van der Waals surface area contributed by atoms with Crippen LogP contribution >= 0.6 is 0 Å². The van der Waals surface area contributed by atoms with Gasteiger partial charge < -0.3 is 10.0 Å². The summed E-state index contributed by atoms with van der Waals surface area (Å²) < 4.78 is 0. The van der Waals surface area contributed by atoms with Crippen LogP contribution in [0.3, 0.4) is 0 Å². The first kappa shape index (κ1) is 17.0. The van der Waals surface area contributed by atoms with Gasteiger partial charge in [-0.3, -0.25) is 9.69 Å². The number of hydrogen-bond acceptors (Lipinski definition) is 3. The molecule has 4 heteroatoms. The lowest BCUT2D eigenvalue weighted by Gasteiger charge is -2.30. The number of hydrogen-bond donors (Lipinski definition) is 1. The van der Waals surface area contributed by atoms with E-state index in [4.69, 9.17) is 5.11 Å². The average molecular weight is 304 g/mol. The van der Waals surface area contributed by atoms with E-state index in [0.29, 0.717) is 19.0 Å². The second-order valence-corrected chi connectivity index (χ2v) is 6.44. The predicted molar refractivity (Wildman–Crippen MR) is 88.9 cm³/mol. The molecule has 1 N–H and O–H groups in total. The molecule has 0 aromatic heterocycles. The van der Waals surface area contributed by atoms with Crippen LogP contribution in [0.4, 0.5) is 0 Å². The van der Waals surface area contributed by atoms with Crippen molar-refractivity contribution < 1.29 is 9.90 Å². The number of aliphatic hydroxyl groups is 1. The van der Waals surface area contributed by atoms with Crippen molar-refractivity contribution in [3.05, 3.63) is 34.9 Å². The molecule has 0 radical (unpaired) electrons. The van der Waals surface area contributed by atoms with Crippen LogP contribution in [0.15, 0.2) is 18.2 Å². The summed E-state index contributed by atoms with van der Waals surface area (Å²) in [7, 11) is 2.02. The van der Waals surface area contributed by atoms with Crippen LogP contribution in [0.1, 0.15) is 30.0 Å². The fraction of sp³-hybridized carbons (Fsp3) is 0.611. The van der Waals surface area contributed by atoms with Crippen LogP contribution < -0.4 is 0 Å². The monoisotopic (exact) mass is 304 g/mol. The zero-order valence-corrected chi connectivity index (χ0v) is 14.2. The molecule has 22 heavy (non-hydrogen) atoms. The third kappa shape index (κ3) is 3.50. The van der Waals surface area contributed by atoms with Crippen LogP contribution in [-0.2, 0) is 11.2 Å². The van der Waals surface area contributed by atoms with E-state index in [2.05, 4.69) is 37.8 Å². The number of amides is 1. The Hall–Kier alpha value is -1.39. The molecule has 122 valence electrons. The van der Waals surface area contributed by atoms with Gasteiger partial charge in [-0.25, -0.2) is 0 Å². The highest BCUT2D eigenvalue weighted by molar-refractivity contribution is 5.80. The molecule has 1 aliphatic rings. The van der Waals surface area contributed by atoms with Crippen molar-refractivity contribution >= 4 is 5.91 Å². The maximum atomic E-state index is 12.7. The van der Waals surface area contributed by atoms with Crippen molar-refractivity contribution in [1.29, 1.82) is 0 Å². The average Bonchev–Trinajstić information content (AvgIpc) is 2.85. The zero-order chi connectivity index (χ0) is 16.3. The Balaban J connectivity index is 2.05. The molecule has 1 heterocycles. The smallest absolute Gasteiger partial charge is 0.227 e. The number of benzene rings is 1. The summed E-state index contributed by atoms with van der Waals surface area (Å²) in [5.74, 6) is 0.213. The summed E-state index contributed by atoms with van der Waals surface area (Å²) in [5.41, 5.74) is 3.54. The van der Waals surface area contributed by atoms with Crippen molar-refractivity contribution in [2.45, 2.75) is 45.7 Å². The highest BCUT2D eigenvalue weighted by Crippen LogP contribution is 2.24. The molecule has 0 unspecified atom stereocenters. The maximum absolute atomic E-state index is 12.7. The quantitative estimate of drug-likeness (QED) is 0.901. The predicted octanol–water partition coefficient (Wildman–Crippen LogP) is 1.76. The summed E-state index contributed by atoms with van der Waals surface area (Å²) in [6, 6.07) is 6.72. The first-order valence-corrected chi connectivity index (χ1v) is 8.11. The van der Waals surface area contributed by atoms with Gasteiger partial charge in [-0.05, 0) is 50.9 Å². The molecule has 2 atom stereocenters. The van der Waals surface area contributed by atoms with Crippen molar-refractivity contribution in [1.82, 2.24) is 9.80 Å². The molecule has 1 fully saturated rings. The number of aryl methyl sites for hydroxylation is 2. The fourth-order valence-electron chi connectivity index (χ4n) is 3.57. The number of carbonyl (C=O) groups excluding carboxylic acids is 1. The number of likely N-dealkylation sites (tertiary alicyclic amines) is 1. The van der Waals surface area contributed by atoms with Gasteiger partial charge in [0.05, 0.1) is 13.0 Å². The van der Waals surface area contributed by atoms with Gasteiger partial charge >= 0.3 is 0 Å². The van der Waals surface area contributed by atoms with Gasteiger partial charge in [-0.15, -0.1) is 0 Å². The van der Waals surface area contributed by atoms with E-state index in [1.54, 1.807) is 0 Å². The van der Waals surface area contributed by atoms with E-state index >= 15 is 0 Å². The van der Waals surface area contributed by atoms with Crippen molar-refractivity contribution in [3.63, 3.8) is 0 Å². The molecular weight excluding hydrogens is 276 g/mol. The SMILES string of the molecule is Cc1cccc(C)c1CC(=O)N1CC[C@@H](N(C)CCO)[C@H]1C. The number of carbonyl (C=O) groups is 1. The van der Waals surface area contributed by atoms with E-state index in [1.807, 2.05) is 18.0 Å². The third-order valence-electron chi connectivity index (χ3n) is 5.03. The second kappa shape index (κ2) is 7.25. The highest BCUT2D eigenvalue weighted by atomic mass is 16.3. The molecule has 0 spiro atoms. The molecule has 0 saturated carbocycles. The normalized spacial score (nSPS) is 21.6. The Morgan fingerprint density at radius 3 is 2.59 bits per heavy atom. The number of aliphatic hydroxyl groups excluding tert-OH is 1. The minimum atomic E-state index is 0.163. The molecule has 0 bridgehead atoms. The van der Waals surface area contributed by atoms with E-state index in [1.165, 1.54) is 11.1 Å². The topological polar surface area (TPSA) is 43.8 Å². The second-order valence-electron chi connectivity index (χ2n) is 6.44. The Morgan fingerprint density at radius 2 is 2.00 bits per heavy atom. The summed E-state index contributed by atoms with van der Waals surface area (Å²) >= 11 is 0. The van der Waals surface area contributed by atoms with Gasteiger partial charge in [0.2, 0.25) is 5.91 Å². The third-order valence-corrected chi connectivity index (χ3v) is 5.03. The Labute approximate surface area is 133 Å². The summed E-state index contributed by atoms with van der Waals surface area (Å²) in [6.45, 7) is 7.89. The number of likely N-dealkylation sites (N-methyl/N-ethyl adjacent to an activating group) is 1. The van der Waals surface area contributed by atoms with Crippen LogP contribution in [0.5, 0.6) is 0 Å². The Morgan fingerprint density at radius 1 is 1.36 bits per heavy atom. The van der Waals surface area contributed by atoms with Gasteiger partial charge in [-0.1, -0.05) is 18.2 Å². The molecular formula is C18H28N2O2. The lowest BCUT2D eigenvalue weighted by Crippen LogP contribution is -2.45. The summed E-state index contributed by atoms with van der Waals surface area (Å²) in [4.78, 5) is 16.9. The number of nitrogens with zero attached hydrogens (tertiary/aromatic N) is 2. The van der Waals surface area contributed by atoms with E-state index < -0.39 is 0 Å². The highest BCUT2D eigenvalue weighted by Gasteiger charge is 2.35. The standard InChI is InChI=1S/C18H28N2O2/c1-13-6-5-7-14(2)16(13)12-18(22)20-9-8-17(15(20)3)19(4)10-11-21/h5-7,15,17,21H,8-12H2,1-4H3/t15-,17-/m1/s1. The molecule has 1 saturated heterocycles. The van der Waals surface area contributed by atoms with E-state index in [-0.39, 0.29) is 18.6 Å². The van der Waals surface area contributed by atoms with Gasteiger partial charge in [0.15, 0.2) is 0 Å². The van der Waals surface area contributed by atoms with E-state index in [0.717, 1.165) is 18.5 Å². The Kier molecular flexibility index (Phi) is 5.59. The fourth-order valence-corrected chi connectivity index (χ4v) is 3.57. The number of rotatable bonds is 5. The summed E-state index contributed by atoms with van der Waals surface area (Å²) in [6.07, 6.45) is 1.47. The van der Waals surface area contributed by atoms with Gasteiger partial charge in [-0.2, -0.15) is 0 Å². The molecule has 1 aromatic carbocycles. The first-order valence-electron chi connectivity index (χ1n) is 8.11. The lowest BCUT2D eigenvalue weighted by atomic mass is 9.99. The van der Waals surface area contributed by atoms with Crippen molar-refractivity contribution in [3.8, 4) is 0 Å². The van der Waals surface area contributed by atoms with Crippen LogP contribution in [0.2, 0.25) is 0 Å².